The summed E-state index contributed by atoms with van der Waals surface area (Å²) in [5, 5.41) is 6.27. The van der Waals surface area contributed by atoms with Gasteiger partial charge in [0.25, 0.3) is 0 Å². The molecule has 29 heavy (non-hydrogen) atoms. The zero-order valence-electron chi connectivity index (χ0n) is 15.9. The van der Waals surface area contributed by atoms with Crippen molar-refractivity contribution in [2.24, 2.45) is 10.1 Å². The van der Waals surface area contributed by atoms with E-state index in [9.17, 15) is 8.78 Å². The quantitative estimate of drug-likeness (QED) is 0.422. The standard InChI is InChI=1S/C21H19F2N3O2S/c1-4-9-24-21-26(25-12-14-5-6-15(22)10-18(14)23)19(13-29-21)17-11-16(27-2)7-8-20(17)28-3/h4-8,10-13H,1,9H2,2-3H3. The van der Waals surface area contributed by atoms with E-state index < -0.39 is 11.6 Å². The van der Waals surface area contributed by atoms with Crippen LogP contribution in [0, 0.1) is 11.6 Å². The van der Waals surface area contributed by atoms with Crippen LogP contribution >= 0.6 is 11.3 Å². The third kappa shape index (κ3) is 4.60. The van der Waals surface area contributed by atoms with E-state index >= 15 is 0 Å². The lowest BCUT2D eigenvalue weighted by molar-refractivity contribution is 0.404. The van der Waals surface area contributed by atoms with E-state index in [-0.39, 0.29) is 5.56 Å². The molecule has 3 rings (SSSR count). The predicted octanol–water partition coefficient (Wildman–Crippen LogP) is 4.48. The van der Waals surface area contributed by atoms with E-state index in [2.05, 4.69) is 16.7 Å². The molecule has 0 aliphatic heterocycles. The second-order valence-electron chi connectivity index (χ2n) is 5.82. The number of hydrogen-bond donors (Lipinski definition) is 0. The van der Waals surface area contributed by atoms with Crippen molar-refractivity contribution in [3.63, 3.8) is 0 Å². The van der Waals surface area contributed by atoms with Crippen LogP contribution in [0.1, 0.15) is 5.56 Å². The van der Waals surface area contributed by atoms with Crippen LogP contribution in [0.5, 0.6) is 11.5 Å². The summed E-state index contributed by atoms with van der Waals surface area (Å²) in [7, 11) is 3.15. The molecule has 3 aromatic rings. The van der Waals surface area contributed by atoms with Crippen molar-refractivity contribution in [3.8, 4) is 22.8 Å². The highest BCUT2D eigenvalue weighted by Gasteiger charge is 2.14. The van der Waals surface area contributed by atoms with E-state index in [4.69, 9.17) is 9.47 Å². The van der Waals surface area contributed by atoms with Crippen LogP contribution in [-0.4, -0.2) is 31.7 Å². The smallest absolute Gasteiger partial charge is 0.206 e. The summed E-state index contributed by atoms with van der Waals surface area (Å²) in [5.74, 6) is -0.0755. The first kappa shape index (κ1) is 20.5. The molecular weight excluding hydrogens is 396 g/mol. The van der Waals surface area contributed by atoms with Gasteiger partial charge in [-0.15, -0.1) is 17.9 Å². The maximum absolute atomic E-state index is 14.0. The van der Waals surface area contributed by atoms with Gasteiger partial charge in [0, 0.05) is 22.6 Å². The zero-order chi connectivity index (χ0) is 20.8. The van der Waals surface area contributed by atoms with Crippen LogP contribution < -0.4 is 14.3 Å². The summed E-state index contributed by atoms with van der Waals surface area (Å²) in [4.78, 5) is 5.03. The number of thiazole rings is 1. The van der Waals surface area contributed by atoms with E-state index in [0.717, 1.165) is 11.6 Å². The molecule has 0 saturated carbocycles. The van der Waals surface area contributed by atoms with Gasteiger partial charge in [0.05, 0.1) is 32.7 Å². The van der Waals surface area contributed by atoms with Crippen molar-refractivity contribution in [1.82, 2.24) is 4.68 Å². The van der Waals surface area contributed by atoms with Crippen molar-refractivity contribution in [2.45, 2.75) is 0 Å². The van der Waals surface area contributed by atoms with E-state index in [0.29, 0.717) is 28.5 Å². The van der Waals surface area contributed by atoms with Gasteiger partial charge in [-0.2, -0.15) is 5.10 Å². The summed E-state index contributed by atoms with van der Waals surface area (Å²) in [5.41, 5.74) is 1.58. The Morgan fingerprint density at radius 3 is 2.66 bits per heavy atom. The topological polar surface area (TPSA) is 48.1 Å². The van der Waals surface area contributed by atoms with Crippen molar-refractivity contribution in [2.75, 3.05) is 20.8 Å². The molecule has 0 amide bonds. The molecular formula is C21H19F2N3O2S. The maximum Gasteiger partial charge on any atom is 0.206 e. The van der Waals surface area contributed by atoms with E-state index in [1.54, 1.807) is 37.1 Å². The average Bonchev–Trinajstić information content (AvgIpc) is 3.13. The lowest BCUT2D eigenvalue weighted by atomic mass is 10.1. The Hall–Kier alpha value is -3.26. The van der Waals surface area contributed by atoms with Gasteiger partial charge in [-0.05, 0) is 30.3 Å². The minimum absolute atomic E-state index is 0.156. The van der Waals surface area contributed by atoms with Crippen molar-refractivity contribution >= 4 is 17.6 Å². The molecule has 5 nitrogen and oxygen atoms in total. The van der Waals surface area contributed by atoms with Crippen LogP contribution in [0.4, 0.5) is 8.78 Å². The van der Waals surface area contributed by atoms with E-state index in [1.165, 1.54) is 29.7 Å². The van der Waals surface area contributed by atoms with Gasteiger partial charge in [0.1, 0.15) is 23.1 Å². The molecule has 0 radical (unpaired) electrons. The van der Waals surface area contributed by atoms with Crippen molar-refractivity contribution < 1.29 is 18.3 Å². The number of halogens is 2. The Bertz CT molecular complexity index is 1120. The summed E-state index contributed by atoms with van der Waals surface area (Å²) in [6.45, 7) is 4.07. The number of methoxy groups -OCH3 is 2. The molecule has 150 valence electrons. The molecule has 0 aliphatic carbocycles. The monoisotopic (exact) mass is 415 g/mol. The van der Waals surface area contributed by atoms with Gasteiger partial charge < -0.3 is 9.47 Å². The maximum atomic E-state index is 14.0. The lowest BCUT2D eigenvalue weighted by Crippen LogP contribution is -2.13. The fourth-order valence-electron chi connectivity index (χ4n) is 2.59. The van der Waals surface area contributed by atoms with Gasteiger partial charge >= 0.3 is 0 Å². The van der Waals surface area contributed by atoms with E-state index in [1.807, 2.05) is 11.4 Å². The Morgan fingerprint density at radius 2 is 1.97 bits per heavy atom. The minimum Gasteiger partial charge on any atom is -0.497 e. The minimum atomic E-state index is -0.699. The zero-order valence-corrected chi connectivity index (χ0v) is 16.7. The SMILES string of the molecule is C=CCN=c1scc(-c2cc(OC)ccc2OC)n1N=Cc1ccc(F)cc1F. The first-order chi connectivity index (χ1) is 14.1. The van der Waals surface area contributed by atoms with Gasteiger partial charge in [0.15, 0.2) is 0 Å². The summed E-state index contributed by atoms with van der Waals surface area (Å²) in [6.07, 6.45) is 2.99. The summed E-state index contributed by atoms with van der Waals surface area (Å²) < 4.78 is 39.6. The fourth-order valence-corrected chi connectivity index (χ4v) is 3.43. The van der Waals surface area contributed by atoms with Gasteiger partial charge in [-0.25, -0.2) is 13.5 Å². The number of benzene rings is 2. The molecule has 1 aromatic heterocycles. The predicted molar refractivity (Wildman–Crippen MR) is 111 cm³/mol. The van der Waals surface area contributed by atoms with Crippen molar-refractivity contribution in [1.29, 1.82) is 0 Å². The average molecular weight is 415 g/mol. The Labute approximate surface area is 170 Å². The molecule has 0 saturated heterocycles. The Kier molecular flexibility index (Phi) is 6.56. The first-order valence-corrected chi connectivity index (χ1v) is 9.49. The number of aromatic nitrogens is 1. The molecule has 0 N–H and O–H groups in total. The highest BCUT2D eigenvalue weighted by atomic mass is 32.1. The second-order valence-corrected chi connectivity index (χ2v) is 6.66. The molecule has 0 spiro atoms. The first-order valence-electron chi connectivity index (χ1n) is 8.61. The fraction of sp³-hybridized carbons (Fsp3) is 0.143. The summed E-state index contributed by atoms with van der Waals surface area (Å²) >= 11 is 1.37. The van der Waals surface area contributed by atoms with Crippen LogP contribution in [0.2, 0.25) is 0 Å². The Balaban J connectivity index is 2.16. The molecule has 1 heterocycles. The molecule has 2 aromatic carbocycles. The van der Waals surface area contributed by atoms with Crippen molar-refractivity contribution in [3.05, 3.63) is 76.4 Å². The molecule has 0 bridgehead atoms. The normalized spacial score (nSPS) is 11.8. The Morgan fingerprint density at radius 1 is 1.14 bits per heavy atom. The van der Waals surface area contributed by atoms with Crippen LogP contribution in [0.15, 0.2) is 64.5 Å². The number of ether oxygens (including phenoxy) is 2. The number of nitrogens with zero attached hydrogens (tertiary/aromatic N) is 3. The third-order valence-corrected chi connectivity index (χ3v) is 4.85. The van der Waals surface area contributed by atoms with Gasteiger partial charge in [-0.3, -0.25) is 4.99 Å². The molecule has 0 unspecified atom stereocenters. The van der Waals surface area contributed by atoms with Crippen LogP contribution in [-0.2, 0) is 0 Å². The van der Waals surface area contributed by atoms with Gasteiger partial charge in [0.2, 0.25) is 4.80 Å². The highest BCUT2D eigenvalue weighted by molar-refractivity contribution is 7.07. The summed E-state index contributed by atoms with van der Waals surface area (Å²) in [6, 6.07) is 8.72. The molecule has 0 fully saturated rings. The molecule has 0 atom stereocenters. The second kappa shape index (κ2) is 9.29. The number of hydrogen-bond acceptors (Lipinski definition) is 5. The van der Waals surface area contributed by atoms with Crippen LogP contribution in [0.25, 0.3) is 11.3 Å². The lowest BCUT2D eigenvalue weighted by Gasteiger charge is -2.11. The third-order valence-electron chi connectivity index (χ3n) is 4.00. The van der Waals surface area contributed by atoms with Crippen LogP contribution in [0.3, 0.4) is 0 Å². The number of rotatable bonds is 7. The molecule has 8 heteroatoms. The van der Waals surface area contributed by atoms with Gasteiger partial charge in [-0.1, -0.05) is 6.08 Å². The largest absolute Gasteiger partial charge is 0.497 e. The molecule has 0 aliphatic rings. The highest BCUT2D eigenvalue weighted by Crippen LogP contribution is 2.33.